The smallest absolute Gasteiger partial charge is 0.325 e. The lowest BCUT2D eigenvalue weighted by Crippen LogP contribution is -2.60. The fourth-order valence-corrected chi connectivity index (χ4v) is 5.05. The maximum Gasteiger partial charge on any atom is 0.325 e. The van der Waals surface area contributed by atoms with Crippen LogP contribution in [0.3, 0.4) is 0 Å². The van der Waals surface area contributed by atoms with Gasteiger partial charge >= 0.3 is 7.60 Å². The highest BCUT2D eigenvalue weighted by atomic mass is 31.2. The molecule has 38 heavy (non-hydrogen) atoms. The molecular formula is C29H35O8P. The number of hydrogen-bond donors (Lipinski definition) is 2. The van der Waals surface area contributed by atoms with Crippen LogP contribution in [0, 0.1) is 0 Å². The summed E-state index contributed by atoms with van der Waals surface area (Å²) < 4.78 is 42.8. The summed E-state index contributed by atoms with van der Waals surface area (Å²) in [6, 6.07) is 29.2. The topological polar surface area (TPSA) is 104 Å². The Hall–Kier alpha value is -2.39. The van der Waals surface area contributed by atoms with Gasteiger partial charge in [0, 0.05) is 7.11 Å². The van der Waals surface area contributed by atoms with Crippen LogP contribution in [0.1, 0.15) is 23.1 Å². The second-order valence-electron chi connectivity index (χ2n) is 9.24. The third-order valence-corrected chi connectivity index (χ3v) is 7.23. The zero-order chi connectivity index (χ0) is 26.8. The van der Waals surface area contributed by atoms with Gasteiger partial charge in [0.1, 0.15) is 18.3 Å². The first-order chi connectivity index (χ1) is 18.4. The fourth-order valence-electron chi connectivity index (χ4n) is 4.46. The van der Waals surface area contributed by atoms with Crippen LogP contribution in [0.25, 0.3) is 0 Å². The second kappa shape index (κ2) is 14.1. The molecule has 0 amide bonds. The van der Waals surface area contributed by atoms with Crippen molar-refractivity contribution >= 4 is 7.60 Å². The van der Waals surface area contributed by atoms with Crippen molar-refractivity contribution < 1.29 is 38.0 Å². The molecule has 0 aromatic heterocycles. The van der Waals surface area contributed by atoms with Gasteiger partial charge in [-0.15, -0.1) is 0 Å². The Labute approximate surface area is 223 Å². The molecule has 1 aliphatic heterocycles. The van der Waals surface area contributed by atoms with Gasteiger partial charge in [0.05, 0.1) is 32.1 Å². The highest BCUT2D eigenvalue weighted by molar-refractivity contribution is 7.51. The van der Waals surface area contributed by atoms with E-state index in [1.807, 2.05) is 91.0 Å². The zero-order valence-corrected chi connectivity index (χ0v) is 22.3. The molecule has 0 unspecified atom stereocenters. The van der Waals surface area contributed by atoms with Crippen molar-refractivity contribution in [2.45, 2.75) is 56.9 Å². The third kappa shape index (κ3) is 8.56. The lowest BCUT2D eigenvalue weighted by molar-refractivity contribution is -0.318. The van der Waals surface area contributed by atoms with Crippen LogP contribution in [-0.4, -0.2) is 53.8 Å². The number of benzene rings is 3. The Morgan fingerprint density at radius 1 is 0.684 bits per heavy atom. The summed E-state index contributed by atoms with van der Waals surface area (Å²) in [6.45, 7) is 0.873. The Morgan fingerprint density at radius 3 is 1.53 bits per heavy atom. The average molecular weight is 543 g/mol. The number of hydrogen-bond acceptors (Lipinski definition) is 6. The number of methoxy groups -OCH3 is 1. The Bertz CT molecular complexity index is 1130. The predicted octanol–water partition coefficient (Wildman–Crippen LogP) is 4.68. The molecule has 3 aromatic carbocycles. The van der Waals surface area contributed by atoms with Gasteiger partial charge in [-0.25, -0.2) is 0 Å². The summed E-state index contributed by atoms with van der Waals surface area (Å²) in [6.07, 6.45) is -3.75. The minimum atomic E-state index is -4.26. The summed E-state index contributed by atoms with van der Waals surface area (Å²) >= 11 is 0. The quantitative estimate of drug-likeness (QED) is 0.300. The summed E-state index contributed by atoms with van der Waals surface area (Å²) in [5.74, 6) is 0. The maximum atomic E-state index is 11.7. The molecule has 9 heteroatoms. The lowest BCUT2D eigenvalue weighted by atomic mass is 9.96. The molecule has 2 N–H and O–H groups in total. The van der Waals surface area contributed by atoms with E-state index in [-0.39, 0.29) is 19.2 Å². The molecule has 1 aliphatic rings. The predicted molar refractivity (Wildman–Crippen MR) is 142 cm³/mol. The molecule has 204 valence electrons. The summed E-state index contributed by atoms with van der Waals surface area (Å²) in [7, 11) is -2.75. The van der Waals surface area contributed by atoms with Crippen molar-refractivity contribution in [3.8, 4) is 0 Å². The van der Waals surface area contributed by atoms with Crippen LogP contribution in [0.4, 0.5) is 0 Å². The average Bonchev–Trinajstić information content (AvgIpc) is 2.94. The molecule has 5 atom stereocenters. The van der Waals surface area contributed by atoms with E-state index in [1.54, 1.807) is 0 Å². The van der Waals surface area contributed by atoms with Crippen LogP contribution in [0.2, 0.25) is 0 Å². The van der Waals surface area contributed by atoms with Crippen LogP contribution >= 0.6 is 7.60 Å². The van der Waals surface area contributed by atoms with Gasteiger partial charge in [0.15, 0.2) is 6.29 Å². The molecule has 1 fully saturated rings. The molecule has 0 spiro atoms. The monoisotopic (exact) mass is 542 g/mol. The Morgan fingerprint density at radius 2 is 1.11 bits per heavy atom. The van der Waals surface area contributed by atoms with E-state index >= 15 is 0 Å². The molecule has 4 rings (SSSR count). The largest absolute Gasteiger partial charge is 0.368 e. The normalized spacial score (nSPS) is 23.8. The number of ether oxygens (including phenoxy) is 5. The van der Waals surface area contributed by atoms with Gasteiger partial charge in [0.2, 0.25) is 0 Å². The highest BCUT2D eigenvalue weighted by Crippen LogP contribution is 2.39. The van der Waals surface area contributed by atoms with Crippen molar-refractivity contribution in [2.75, 3.05) is 13.3 Å². The second-order valence-corrected chi connectivity index (χ2v) is 11.0. The van der Waals surface area contributed by atoms with Gasteiger partial charge in [-0.05, 0) is 23.1 Å². The molecule has 0 bridgehead atoms. The van der Waals surface area contributed by atoms with E-state index in [0.29, 0.717) is 13.2 Å². The van der Waals surface area contributed by atoms with E-state index in [9.17, 15) is 14.4 Å². The molecule has 1 saturated heterocycles. The van der Waals surface area contributed by atoms with Crippen molar-refractivity contribution in [1.82, 2.24) is 0 Å². The van der Waals surface area contributed by atoms with E-state index < -0.39 is 38.3 Å². The Balaban J connectivity index is 1.61. The SMILES string of the molecule is CO[C@H]1O[C@H](CCP(=O)(O)O)[C@@H](OCc2ccccc2)[C@H](OCc2ccccc2)[C@@H]1OCc1ccccc1. The summed E-state index contributed by atoms with van der Waals surface area (Å²) in [5, 5.41) is 0. The highest BCUT2D eigenvalue weighted by Gasteiger charge is 2.48. The van der Waals surface area contributed by atoms with Gasteiger partial charge in [0.25, 0.3) is 0 Å². The third-order valence-electron chi connectivity index (χ3n) is 6.38. The van der Waals surface area contributed by atoms with Crippen LogP contribution in [0.5, 0.6) is 0 Å². The fraction of sp³-hybridized carbons (Fsp3) is 0.379. The van der Waals surface area contributed by atoms with Crippen molar-refractivity contribution in [2.24, 2.45) is 0 Å². The van der Waals surface area contributed by atoms with Crippen molar-refractivity contribution in [3.05, 3.63) is 108 Å². The number of rotatable bonds is 13. The first-order valence-electron chi connectivity index (χ1n) is 12.6. The van der Waals surface area contributed by atoms with Gasteiger partial charge < -0.3 is 33.5 Å². The lowest BCUT2D eigenvalue weighted by Gasteiger charge is -2.45. The van der Waals surface area contributed by atoms with E-state index in [0.717, 1.165) is 16.7 Å². The first-order valence-corrected chi connectivity index (χ1v) is 14.4. The van der Waals surface area contributed by atoms with Gasteiger partial charge in [-0.1, -0.05) is 91.0 Å². The van der Waals surface area contributed by atoms with E-state index in [4.69, 9.17) is 23.7 Å². The van der Waals surface area contributed by atoms with Gasteiger partial charge in [-0.3, -0.25) is 4.57 Å². The summed E-state index contributed by atoms with van der Waals surface area (Å²) in [4.78, 5) is 19.1. The Kier molecular flexibility index (Phi) is 10.6. The molecule has 0 aliphatic carbocycles. The van der Waals surface area contributed by atoms with Crippen molar-refractivity contribution in [3.63, 3.8) is 0 Å². The maximum absolute atomic E-state index is 11.7. The molecule has 0 radical (unpaired) electrons. The molecular weight excluding hydrogens is 507 g/mol. The zero-order valence-electron chi connectivity index (χ0n) is 21.4. The molecule has 3 aromatic rings. The minimum Gasteiger partial charge on any atom is -0.368 e. The molecule has 8 nitrogen and oxygen atoms in total. The van der Waals surface area contributed by atoms with Crippen LogP contribution in [-0.2, 0) is 48.1 Å². The molecule has 1 heterocycles. The standard InChI is InChI=1S/C29H35O8P/c1-33-29-28(36-21-24-15-9-4-10-16-24)27(35-20-23-13-7-3-8-14-23)26(25(37-29)17-18-38(30,31)32)34-19-22-11-5-2-6-12-22/h2-16,25-29H,17-21H2,1H3,(H2,30,31,32)/t25-,26-,27+,28+,29+/m1/s1. The summed E-state index contributed by atoms with van der Waals surface area (Å²) in [5.41, 5.74) is 2.91. The van der Waals surface area contributed by atoms with Crippen LogP contribution in [0.15, 0.2) is 91.0 Å². The first kappa shape index (κ1) is 28.6. The molecule has 0 saturated carbocycles. The van der Waals surface area contributed by atoms with E-state index in [1.165, 1.54) is 7.11 Å². The van der Waals surface area contributed by atoms with Crippen molar-refractivity contribution in [1.29, 1.82) is 0 Å². The van der Waals surface area contributed by atoms with E-state index in [2.05, 4.69) is 0 Å². The van der Waals surface area contributed by atoms with Crippen LogP contribution < -0.4 is 0 Å². The minimum absolute atomic E-state index is 0.0696. The van der Waals surface area contributed by atoms with Gasteiger partial charge in [-0.2, -0.15) is 0 Å².